The van der Waals surface area contributed by atoms with E-state index in [4.69, 9.17) is 0 Å². The molecule has 120 valence electrons. The third-order valence-electron chi connectivity index (χ3n) is 3.63. The van der Waals surface area contributed by atoms with Crippen molar-refractivity contribution in [1.82, 2.24) is 25.0 Å². The van der Waals surface area contributed by atoms with Crippen molar-refractivity contribution >= 4 is 23.7 Å². The topological polar surface area (TPSA) is 80.1 Å². The number of hydrogen-bond acceptors (Lipinski definition) is 5. The first-order valence-corrected chi connectivity index (χ1v) is 8.25. The second kappa shape index (κ2) is 6.41. The molecule has 1 aromatic heterocycles. The molecule has 2 aromatic rings. The lowest BCUT2D eigenvalue weighted by atomic mass is 10.2. The Morgan fingerprint density at radius 1 is 1.30 bits per heavy atom. The summed E-state index contributed by atoms with van der Waals surface area (Å²) in [6.45, 7) is 4.82. The fourth-order valence-electron chi connectivity index (χ4n) is 2.44. The van der Waals surface area contributed by atoms with Crippen molar-refractivity contribution in [3.8, 4) is 5.69 Å². The summed E-state index contributed by atoms with van der Waals surface area (Å²) in [5.41, 5.74) is 2.09. The first-order chi connectivity index (χ1) is 11.1. The van der Waals surface area contributed by atoms with Gasteiger partial charge in [0.05, 0.1) is 11.4 Å². The quantitative estimate of drug-likeness (QED) is 0.860. The summed E-state index contributed by atoms with van der Waals surface area (Å²) in [5.74, 6) is 0.687. The van der Waals surface area contributed by atoms with Gasteiger partial charge in [-0.2, -0.15) is 0 Å². The lowest BCUT2D eigenvalue weighted by Gasteiger charge is -2.13. The van der Waals surface area contributed by atoms with E-state index in [2.05, 4.69) is 15.5 Å². The molecule has 2 heterocycles. The van der Waals surface area contributed by atoms with E-state index in [0.29, 0.717) is 18.2 Å². The van der Waals surface area contributed by atoms with Gasteiger partial charge < -0.3 is 5.32 Å². The highest BCUT2D eigenvalue weighted by atomic mass is 32.2. The average molecular weight is 331 g/mol. The fourth-order valence-corrected chi connectivity index (χ4v) is 3.31. The number of nitrogens with zero attached hydrogens (tertiary/aromatic N) is 4. The van der Waals surface area contributed by atoms with Crippen molar-refractivity contribution in [2.75, 3.05) is 18.8 Å². The van der Waals surface area contributed by atoms with Crippen molar-refractivity contribution < 1.29 is 9.59 Å². The lowest BCUT2D eigenvalue weighted by Crippen LogP contribution is -2.35. The Morgan fingerprint density at radius 3 is 2.78 bits per heavy atom. The minimum atomic E-state index is -0.327. The summed E-state index contributed by atoms with van der Waals surface area (Å²) in [5, 5.41) is 11.5. The van der Waals surface area contributed by atoms with E-state index < -0.39 is 0 Å². The Kier molecular flexibility index (Phi) is 4.33. The number of urea groups is 1. The van der Waals surface area contributed by atoms with Crippen LogP contribution in [0.1, 0.15) is 11.4 Å². The highest BCUT2D eigenvalue weighted by Gasteiger charge is 2.26. The fraction of sp³-hybridized carbons (Fsp3) is 0.333. The van der Waals surface area contributed by atoms with Gasteiger partial charge in [0.2, 0.25) is 5.91 Å². The number of rotatable bonds is 4. The van der Waals surface area contributed by atoms with Crippen LogP contribution in [-0.4, -0.2) is 50.4 Å². The maximum absolute atomic E-state index is 12.1. The highest BCUT2D eigenvalue weighted by Crippen LogP contribution is 2.24. The number of carbonyl (C=O) groups excluding carboxylic acids is 2. The molecule has 1 aliphatic heterocycles. The lowest BCUT2D eigenvalue weighted by molar-refractivity contribution is -0.124. The van der Waals surface area contributed by atoms with Gasteiger partial charge in [0.25, 0.3) is 0 Å². The van der Waals surface area contributed by atoms with Gasteiger partial charge in [-0.25, -0.2) is 4.79 Å². The molecule has 7 nitrogen and oxygen atoms in total. The van der Waals surface area contributed by atoms with Crippen molar-refractivity contribution in [1.29, 1.82) is 0 Å². The molecule has 0 spiro atoms. The third kappa shape index (κ3) is 3.07. The van der Waals surface area contributed by atoms with Crippen LogP contribution in [0.2, 0.25) is 0 Å². The molecular weight excluding hydrogens is 314 g/mol. The molecule has 1 saturated heterocycles. The zero-order chi connectivity index (χ0) is 16.4. The van der Waals surface area contributed by atoms with Crippen LogP contribution < -0.4 is 5.32 Å². The molecule has 0 saturated carbocycles. The molecule has 1 N–H and O–H groups in total. The van der Waals surface area contributed by atoms with E-state index in [-0.39, 0.29) is 17.7 Å². The molecule has 0 radical (unpaired) electrons. The number of aromatic nitrogens is 3. The summed E-state index contributed by atoms with van der Waals surface area (Å²) in [6.07, 6.45) is 0. The molecule has 8 heteroatoms. The molecule has 1 aromatic carbocycles. The molecule has 1 fully saturated rings. The van der Waals surface area contributed by atoms with Crippen LogP contribution in [0.3, 0.4) is 0 Å². The first-order valence-electron chi connectivity index (χ1n) is 7.27. The van der Waals surface area contributed by atoms with E-state index in [9.17, 15) is 9.59 Å². The molecule has 23 heavy (non-hydrogen) atoms. The maximum Gasteiger partial charge on any atom is 0.324 e. The van der Waals surface area contributed by atoms with Crippen molar-refractivity contribution in [2.24, 2.45) is 0 Å². The van der Waals surface area contributed by atoms with Gasteiger partial charge in [-0.05, 0) is 25.5 Å². The molecular formula is C15H17N5O2S. The number of carbonyl (C=O) groups is 2. The first kappa shape index (κ1) is 15.5. The van der Waals surface area contributed by atoms with E-state index in [0.717, 1.165) is 17.1 Å². The smallest absolute Gasteiger partial charge is 0.324 e. The van der Waals surface area contributed by atoms with Crippen LogP contribution in [0.5, 0.6) is 0 Å². The minimum absolute atomic E-state index is 0.150. The van der Waals surface area contributed by atoms with Gasteiger partial charge >= 0.3 is 6.03 Å². The molecule has 0 atom stereocenters. The zero-order valence-corrected chi connectivity index (χ0v) is 13.8. The Labute approximate surface area is 138 Å². The van der Waals surface area contributed by atoms with Gasteiger partial charge in [-0.3, -0.25) is 14.3 Å². The van der Waals surface area contributed by atoms with E-state index in [1.807, 2.05) is 42.7 Å². The van der Waals surface area contributed by atoms with Crippen LogP contribution in [0.4, 0.5) is 4.79 Å². The number of imide groups is 1. The number of hydrogen-bond donors (Lipinski definition) is 1. The number of nitrogens with one attached hydrogen (secondary N) is 1. The summed E-state index contributed by atoms with van der Waals surface area (Å²) in [6, 6.07) is 7.61. The Hall–Kier alpha value is -2.35. The van der Waals surface area contributed by atoms with Crippen LogP contribution in [0, 0.1) is 13.8 Å². The number of amides is 3. The second-order valence-electron chi connectivity index (χ2n) is 5.22. The monoisotopic (exact) mass is 331 g/mol. The number of thioether (sulfide) groups is 1. The summed E-state index contributed by atoms with van der Waals surface area (Å²) >= 11 is 1.29. The van der Waals surface area contributed by atoms with Gasteiger partial charge in [-0.1, -0.05) is 30.0 Å². The number of para-hydroxylation sites is 1. The average Bonchev–Trinajstić information content (AvgIpc) is 3.12. The van der Waals surface area contributed by atoms with E-state index in [1.165, 1.54) is 16.7 Å². The standard InChI is InChI=1S/C15H17N5O2S/c1-10-5-3-4-6-12(10)20-11(2)17-18-15(20)23-9-13(21)19-8-7-16-14(19)22/h3-6H,7-9H2,1-2H3,(H,16,22). The molecule has 0 unspecified atom stereocenters. The Morgan fingerprint density at radius 2 is 2.09 bits per heavy atom. The maximum atomic E-state index is 12.1. The van der Waals surface area contributed by atoms with Crippen molar-refractivity contribution in [3.05, 3.63) is 35.7 Å². The van der Waals surface area contributed by atoms with Crippen molar-refractivity contribution in [2.45, 2.75) is 19.0 Å². The summed E-state index contributed by atoms with van der Waals surface area (Å²) in [4.78, 5) is 24.9. The van der Waals surface area contributed by atoms with Crippen LogP contribution >= 0.6 is 11.8 Å². The largest absolute Gasteiger partial charge is 0.336 e. The van der Waals surface area contributed by atoms with Crippen molar-refractivity contribution in [3.63, 3.8) is 0 Å². The number of benzene rings is 1. The molecule has 3 amide bonds. The normalized spacial score (nSPS) is 14.2. The van der Waals surface area contributed by atoms with Gasteiger partial charge in [0.1, 0.15) is 5.82 Å². The SMILES string of the molecule is Cc1ccccc1-n1c(C)nnc1SCC(=O)N1CCNC1=O. The Balaban J connectivity index is 1.78. The highest BCUT2D eigenvalue weighted by molar-refractivity contribution is 7.99. The minimum Gasteiger partial charge on any atom is -0.336 e. The predicted molar refractivity (Wildman–Crippen MR) is 86.7 cm³/mol. The molecule has 0 aliphatic carbocycles. The Bertz CT molecular complexity index is 758. The summed E-state index contributed by atoms with van der Waals surface area (Å²) in [7, 11) is 0. The van der Waals surface area contributed by atoms with Gasteiger partial charge in [0, 0.05) is 13.1 Å². The molecule has 0 bridgehead atoms. The molecule has 1 aliphatic rings. The van der Waals surface area contributed by atoms with Crippen LogP contribution in [0.15, 0.2) is 29.4 Å². The van der Waals surface area contributed by atoms with E-state index >= 15 is 0 Å². The second-order valence-corrected chi connectivity index (χ2v) is 6.16. The zero-order valence-electron chi connectivity index (χ0n) is 12.9. The summed E-state index contributed by atoms with van der Waals surface area (Å²) < 4.78 is 1.93. The van der Waals surface area contributed by atoms with Gasteiger partial charge in [-0.15, -0.1) is 10.2 Å². The van der Waals surface area contributed by atoms with Gasteiger partial charge in [0.15, 0.2) is 5.16 Å². The third-order valence-corrected chi connectivity index (χ3v) is 4.55. The molecule has 3 rings (SSSR count). The van der Waals surface area contributed by atoms with E-state index in [1.54, 1.807) is 0 Å². The predicted octanol–water partition coefficient (Wildman–Crippen LogP) is 1.53. The van der Waals surface area contributed by atoms with Crippen LogP contribution in [-0.2, 0) is 4.79 Å². The van der Waals surface area contributed by atoms with Crippen LogP contribution in [0.25, 0.3) is 5.69 Å². The number of aryl methyl sites for hydroxylation is 2.